The average Bonchev–Trinajstić information content (AvgIpc) is 3.12. The van der Waals surface area contributed by atoms with E-state index in [1.54, 1.807) is 4.68 Å². The summed E-state index contributed by atoms with van der Waals surface area (Å²) in [5.74, 6) is 0.720. The van der Waals surface area contributed by atoms with Gasteiger partial charge in [0.1, 0.15) is 5.82 Å². The molecule has 5 heteroatoms. The normalized spacial score (nSPS) is 11.0. The SMILES string of the molecule is Cn1cc(-c2cccc(CNc3nc4ccccc4cc3CO)c2)cn1. The molecule has 0 aliphatic heterocycles. The Bertz CT molecular complexity index is 1050. The summed E-state index contributed by atoms with van der Waals surface area (Å²) in [5.41, 5.74) is 5.08. The summed E-state index contributed by atoms with van der Waals surface area (Å²) in [6, 6.07) is 18.2. The zero-order valence-corrected chi connectivity index (χ0v) is 14.6. The number of hydrogen-bond acceptors (Lipinski definition) is 4. The Labute approximate surface area is 151 Å². The number of rotatable bonds is 5. The number of hydrogen-bond donors (Lipinski definition) is 2. The van der Waals surface area contributed by atoms with Crippen molar-refractivity contribution in [2.75, 3.05) is 5.32 Å². The van der Waals surface area contributed by atoms with Crippen molar-refractivity contribution in [2.45, 2.75) is 13.2 Å². The van der Waals surface area contributed by atoms with Gasteiger partial charge in [0.2, 0.25) is 0 Å². The van der Waals surface area contributed by atoms with E-state index in [4.69, 9.17) is 0 Å². The number of nitrogens with zero attached hydrogens (tertiary/aromatic N) is 3. The Morgan fingerprint density at radius 3 is 2.73 bits per heavy atom. The molecular formula is C21H20N4O. The van der Waals surface area contributed by atoms with E-state index in [2.05, 4.69) is 33.6 Å². The molecule has 0 bridgehead atoms. The van der Waals surface area contributed by atoms with Gasteiger partial charge in [0, 0.05) is 36.3 Å². The summed E-state index contributed by atoms with van der Waals surface area (Å²) >= 11 is 0. The van der Waals surface area contributed by atoms with Crippen molar-refractivity contribution < 1.29 is 5.11 Å². The molecule has 26 heavy (non-hydrogen) atoms. The zero-order valence-electron chi connectivity index (χ0n) is 14.6. The van der Waals surface area contributed by atoms with Crippen molar-refractivity contribution in [1.29, 1.82) is 0 Å². The van der Waals surface area contributed by atoms with Crippen LogP contribution in [-0.4, -0.2) is 19.9 Å². The summed E-state index contributed by atoms with van der Waals surface area (Å²) in [7, 11) is 1.91. The topological polar surface area (TPSA) is 63.0 Å². The predicted molar refractivity (Wildman–Crippen MR) is 104 cm³/mol. The first-order valence-electron chi connectivity index (χ1n) is 8.54. The molecule has 0 aliphatic carbocycles. The van der Waals surface area contributed by atoms with Crippen LogP contribution in [0, 0.1) is 0 Å². The Kier molecular flexibility index (Phi) is 4.37. The number of aliphatic hydroxyl groups is 1. The molecule has 2 N–H and O–H groups in total. The van der Waals surface area contributed by atoms with Gasteiger partial charge in [-0.15, -0.1) is 0 Å². The smallest absolute Gasteiger partial charge is 0.132 e. The molecule has 0 aliphatic rings. The Morgan fingerprint density at radius 1 is 1.04 bits per heavy atom. The van der Waals surface area contributed by atoms with Crippen molar-refractivity contribution in [3.8, 4) is 11.1 Å². The van der Waals surface area contributed by atoms with E-state index in [1.165, 1.54) is 0 Å². The standard InChI is InChI=1S/C21H20N4O/c1-25-13-19(12-23-25)16-7-4-5-15(9-16)11-22-21-18(14-26)10-17-6-2-3-8-20(17)24-21/h2-10,12-13,26H,11,14H2,1H3,(H,22,24). The van der Waals surface area contributed by atoms with E-state index in [1.807, 2.05) is 55.8 Å². The van der Waals surface area contributed by atoms with Crippen LogP contribution >= 0.6 is 0 Å². The number of fused-ring (bicyclic) bond motifs is 1. The lowest BCUT2D eigenvalue weighted by Crippen LogP contribution is -2.05. The van der Waals surface area contributed by atoms with Gasteiger partial charge in [-0.2, -0.15) is 5.10 Å². The fourth-order valence-electron chi connectivity index (χ4n) is 3.05. The second kappa shape index (κ2) is 6.98. The second-order valence-electron chi connectivity index (χ2n) is 6.30. The Morgan fingerprint density at radius 2 is 1.92 bits per heavy atom. The van der Waals surface area contributed by atoms with E-state index in [0.717, 1.165) is 39.0 Å². The number of aliphatic hydroxyl groups excluding tert-OH is 1. The van der Waals surface area contributed by atoms with Crippen LogP contribution in [0.2, 0.25) is 0 Å². The minimum atomic E-state index is -0.0457. The minimum Gasteiger partial charge on any atom is -0.392 e. The number of aryl methyl sites for hydroxylation is 1. The van der Waals surface area contributed by atoms with Gasteiger partial charge in [0.25, 0.3) is 0 Å². The fraction of sp³-hybridized carbons (Fsp3) is 0.143. The molecule has 2 aromatic carbocycles. The molecule has 4 rings (SSSR count). The number of para-hydroxylation sites is 1. The lowest BCUT2D eigenvalue weighted by Gasteiger charge is -2.12. The van der Waals surface area contributed by atoms with E-state index < -0.39 is 0 Å². The first-order valence-corrected chi connectivity index (χ1v) is 8.54. The molecule has 130 valence electrons. The van der Waals surface area contributed by atoms with Crippen LogP contribution < -0.4 is 5.32 Å². The van der Waals surface area contributed by atoms with Crippen LogP contribution in [0.3, 0.4) is 0 Å². The third-order valence-corrected chi connectivity index (χ3v) is 4.40. The third-order valence-electron chi connectivity index (χ3n) is 4.40. The van der Waals surface area contributed by atoms with E-state index in [0.29, 0.717) is 6.54 Å². The largest absolute Gasteiger partial charge is 0.392 e. The molecule has 5 nitrogen and oxygen atoms in total. The number of benzene rings is 2. The highest BCUT2D eigenvalue weighted by Crippen LogP contribution is 2.23. The first kappa shape index (κ1) is 16.3. The number of aromatic nitrogens is 3. The van der Waals surface area contributed by atoms with Crippen molar-refractivity contribution in [2.24, 2.45) is 7.05 Å². The maximum atomic E-state index is 9.68. The van der Waals surface area contributed by atoms with Gasteiger partial charge < -0.3 is 10.4 Å². The van der Waals surface area contributed by atoms with Crippen LogP contribution in [0.25, 0.3) is 22.0 Å². The molecule has 0 fully saturated rings. The minimum absolute atomic E-state index is 0.0457. The lowest BCUT2D eigenvalue weighted by atomic mass is 10.1. The Balaban J connectivity index is 1.58. The summed E-state index contributed by atoms with van der Waals surface area (Å²) in [5, 5.41) is 18.3. The molecule has 2 aromatic heterocycles. The van der Waals surface area contributed by atoms with Crippen LogP contribution in [0.15, 0.2) is 67.0 Å². The molecule has 4 aromatic rings. The molecule has 0 spiro atoms. The van der Waals surface area contributed by atoms with Crippen LogP contribution in [0.5, 0.6) is 0 Å². The maximum Gasteiger partial charge on any atom is 0.132 e. The highest BCUT2D eigenvalue weighted by molar-refractivity contribution is 5.81. The molecule has 0 saturated carbocycles. The summed E-state index contributed by atoms with van der Waals surface area (Å²) in [6.07, 6.45) is 3.86. The average molecular weight is 344 g/mol. The first-order chi connectivity index (χ1) is 12.7. The highest BCUT2D eigenvalue weighted by Gasteiger charge is 2.07. The van der Waals surface area contributed by atoms with E-state index in [-0.39, 0.29) is 6.61 Å². The van der Waals surface area contributed by atoms with E-state index >= 15 is 0 Å². The van der Waals surface area contributed by atoms with Gasteiger partial charge in [0.05, 0.1) is 18.3 Å². The highest BCUT2D eigenvalue weighted by atomic mass is 16.3. The third kappa shape index (κ3) is 3.30. The molecule has 2 heterocycles. The lowest BCUT2D eigenvalue weighted by molar-refractivity contribution is 0.282. The molecule has 0 atom stereocenters. The van der Waals surface area contributed by atoms with Gasteiger partial charge in [-0.05, 0) is 29.3 Å². The van der Waals surface area contributed by atoms with Gasteiger partial charge in [0.15, 0.2) is 0 Å². The van der Waals surface area contributed by atoms with Crippen LogP contribution in [0.4, 0.5) is 5.82 Å². The number of nitrogens with one attached hydrogen (secondary N) is 1. The van der Waals surface area contributed by atoms with Crippen molar-refractivity contribution >= 4 is 16.7 Å². The Hall–Kier alpha value is -3.18. The van der Waals surface area contributed by atoms with Gasteiger partial charge in [-0.1, -0.05) is 36.4 Å². The second-order valence-corrected chi connectivity index (χ2v) is 6.30. The summed E-state index contributed by atoms with van der Waals surface area (Å²) in [6.45, 7) is 0.586. The van der Waals surface area contributed by atoms with Gasteiger partial charge in [-0.3, -0.25) is 4.68 Å². The molecular weight excluding hydrogens is 324 g/mol. The quantitative estimate of drug-likeness (QED) is 0.579. The van der Waals surface area contributed by atoms with Crippen molar-refractivity contribution in [3.05, 3.63) is 78.1 Å². The molecule has 0 radical (unpaired) electrons. The summed E-state index contributed by atoms with van der Waals surface area (Å²) < 4.78 is 1.80. The van der Waals surface area contributed by atoms with Crippen molar-refractivity contribution in [3.63, 3.8) is 0 Å². The zero-order chi connectivity index (χ0) is 17.9. The number of anilines is 1. The number of pyridine rings is 1. The van der Waals surface area contributed by atoms with Gasteiger partial charge >= 0.3 is 0 Å². The fourth-order valence-corrected chi connectivity index (χ4v) is 3.05. The van der Waals surface area contributed by atoms with Crippen molar-refractivity contribution in [1.82, 2.24) is 14.8 Å². The maximum absolute atomic E-state index is 9.68. The van der Waals surface area contributed by atoms with Gasteiger partial charge in [-0.25, -0.2) is 4.98 Å². The van der Waals surface area contributed by atoms with E-state index in [9.17, 15) is 5.11 Å². The summed E-state index contributed by atoms with van der Waals surface area (Å²) in [4.78, 5) is 4.66. The molecule has 0 amide bonds. The molecule has 0 saturated heterocycles. The monoisotopic (exact) mass is 344 g/mol. The molecule has 0 unspecified atom stereocenters. The predicted octanol–water partition coefficient (Wildman–Crippen LogP) is 3.74. The van der Waals surface area contributed by atoms with Crippen LogP contribution in [0.1, 0.15) is 11.1 Å². The van der Waals surface area contributed by atoms with Crippen LogP contribution in [-0.2, 0) is 20.2 Å².